The zero-order valence-electron chi connectivity index (χ0n) is 15.1. The van der Waals surface area contributed by atoms with Gasteiger partial charge in [-0.3, -0.25) is 9.59 Å². The fraction of sp³-hybridized carbons (Fsp3) is 0.263. The zero-order valence-corrected chi connectivity index (χ0v) is 15.9. The highest BCUT2D eigenvalue weighted by Crippen LogP contribution is 2.30. The number of primary sulfonamides is 1. The second-order valence-electron chi connectivity index (χ2n) is 6.80. The summed E-state index contributed by atoms with van der Waals surface area (Å²) in [5, 5.41) is 16.8. The third-order valence-corrected chi connectivity index (χ3v) is 5.74. The molecule has 10 heteroatoms. The van der Waals surface area contributed by atoms with Crippen molar-refractivity contribution in [1.82, 2.24) is 5.32 Å². The van der Waals surface area contributed by atoms with Crippen molar-refractivity contribution in [2.75, 3.05) is 0 Å². The molecule has 1 aliphatic carbocycles. The van der Waals surface area contributed by atoms with Crippen LogP contribution in [-0.4, -0.2) is 25.4 Å². The molecule has 2 aromatic rings. The lowest BCUT2D eigenvalue weighted by Crippen LogP contribution is -2.31. The number of nitrogens with two attached hydrogens (primary N) is 1. The van der Waals surface area contributed by atoms with Crippen LogP contribution in [0.1, 0.15) is 45.9 Å². The first-order chi connectivity index (χ1) is 13.6. The number of carboxylic acid groups (broad SMARTS) is 1. The topological polar surface area (TPSA) is 127 Å². The molecule has 3 rings (SSSR count). The molecule has 0 radical (unpaired) electrons. The second-order valence-corrected chi connectivity index (χ2v) is 8.33. The summed E-state index contributed by atoms with van der Waals surface area (Å²) in [5.74, 6) is -3.95. The molecular formula is C19H18F2N2O5S. The number of benzene rings is 2. The molecule has 0 saturated carbocycles. The molecule has 0 heterocycles. The average Bonchev–Trinajstić information content (AvgIpc) is 3.07. The summed E-state index contributed by atoms with van der Waals surface area (Å²) in [5.41, 5.74) is 1.00. The number of rotatable bonds is 6. The number of aryl methyl sites for hydroxylation is 1. The number of hydrogen-bond donors (Lipinski definition) is 3. The number of carboxylic acids is 1. The fourth-order valence-electron chi connectivity index (χ4n) is 3.49. The minimum Gasteiger partial charge on any atom is -0.481 e. The summed E-state index contributed by atoms with van der Waals surface area (Å²) >= 11 is 0. The second kappa shape index (κ2) is 7.88. The highest BCUT2D eigenvalue weighted by atomic mass is 32.2. The van der Waals surface area contributed by atoms with Crippen molar-refractivity contribution in [2.45, 2.75) is 36.6 Å². The van der Waals surface area contributed by atoms with Crippen LogP contribution in [0.2, 0.25) is 0 Å². The van der Waals surface area contributed by atoms with Crippen LogP contribution in [0.25, 0.3) is 0 Å². The van der Waals surface area contributed by atoms with Crippen LogP contribution in [-0.2, 0) is 27.7 Å². The summed E-state index contributed by atoms with van der Waals surface area (Å²) in [6.45, 7) is 0. The molecule has 1 unspecified atom stereocenters. The Kier molecular flexibility index (Phi) is 5.67. The van der Waals surface area contributed by atoms with Crippen LogP contribution >= 0.6 is 0 Å². The van der Waals surface area contributed by atoms with E-state index in [0.717, 1.165) is 18.2 Å². The van der Waals surface area contributed by atoms with E-state index in [-0.39, 0.29) is 16.0 Å². The zero-order chi connectivity index (χ0) is 21.3. The maximum atomic E-state index is 14.1. The van der Waals surface area contributed by atoms with Crippen molar-refractivity contribution in [3.8, 4) is 0 Å². The van der Waals surface area contributed by atoms with Gasteiger partial charge in [-0.1, -0.05) is 6.07 Å². The van der Waals surface area contributed by atoms with E-state index >= 15 is 0 Å². The largest absolute Gasteiger partial charge is 0.481 e. The third kappa shape index (κ3) is 4.60. The highest BCUT2D eigenvalue weighted by molar-refractivity contribution is 7.89. The Hall–Kier alpha value is -2.85. The van der Waals surface area contributed by atoms with Crippen LogP contribution < -0.4 is 10.5 Å². The fourth-order valence-corrected chi connectivity index (χ4v) is 4.36. The number of aliphatic carboxylic acids is 1. The lowest BCUT2D eigenvalue weighted by Gasteiger charge is -2.19. The van der Waals surface area contributed by atoms with E-state index in [1.807, 2.05) is 0 Å². The van der Waals surface area contributed by atoms with Crippen LogP contribution in [0.15, 0.2) is 35.2 Å². The van der Waals surface area contributed by atoms with E-state index in [0.29, 0.717) is 36.5 Å². The molecule has 29 heavy (non-hydrogen) atoms. The number of hydrogen-bond acceptors (Lipinski definition) is 4. The number of carbonyl (C=O) groups excluding carboxylic acids is 1. The maximum Gasteiger partial charge on any atom is 0.305 e. The van der Waals surface area contributed by atoms with Crippen LogP contribution in [0, 0.1) is 11.6 Å². The molecule has 0 saturated heterocycles. The number of sulfonamides is 1. The average molecular weight is 424 g/mol. The van der Waals surface area contributed by atoms with Crippen molar-refractivity contribution in [1.29, 1.82) is 0 Å². The number of nitrogens with one attached hydrogen (secondary N) is 1. The number of carbonyl (C=O) groups is 2. The van der Waals surface area contributed by atoms with E-state index in [1.54, 1.807) is 0 Å². The first kappa shape index (κ1) is 20.9. The standard InChI is InChI=1S/C19H18F2N2O5S/c20-12-4-5-14(15(21)8-12)16(9-18(24)25)23-19(26)11-6-10-2-1-3-13(10)17(7-11)29(22,27)28/h4-8,16H,1-3,9H2,(H,23,26)(H,24,25)(H2,22,27,28). The Balaban J connectivity index is 1.97. The molecule has 1 aliphatic rings. The third-order valence-electron chi connectivity index (χ3n) is 4.76. The molecule has 0 aliphatic heterocycles. The van der Waals surface area contributed by atoms with Crippen LogP contribution in [0.4, 0.5) is 8.78 Å². The van der Waals surface area contributed by atoms with Crippen molar-refractivity contribution in [3.63, 3.8) is 0 Å². The first-order valence-electron chi connectivity index (χ1n) is 8.72. The van der Waals surface area contributed by atoms with Crippen molar-refractivity contribution in [3.05, 3.63) is 64.2 Å². The Morgan fingerprint density at radius 3 is 2.52 bits per heavy atom. The maximum absolute atomic E-state index is 14.1. The van der Waals surface area contributed by atoms with Gasteiger partial charge in [-0.05, 0) is 48.6 Å². The Bertz CT molecular complexity index is 1100. The molecule has 7 nitrogen and oxygen atoms in total. The van der Waals surface area contributed by atoms with Gasteiger partial charge in [0.2, 0.25) is 10.0 Å². The number of halogens is 2. The van der Waals surface area contributed by atoms with E-state index in [1.165, 1.54) is 6.07 Å². The quantitative estimate of drug-likeness (QED) is 0.654. The van der Waals surface area contributed by atoms with Crippen molar-refractivity contribution >= 4 is 21.9 Å². The van der Waals surface area contributed by atoms with Gasteiger partial charge < -0.3 is 10.4 Å². The normalized spacial score (nSPS) is 14.3. The Morgan fingerprint density at radius 2 is 1.90 bits per heavy atom. The van der Waals surface area contributed by atoms with Crippen molar-refractivity contribution < 1.29 is 31.9 Å². The molecule has 0 fully saturated rings. The predicted octanol–water partition coefficient (Wildman–Crippen LogP) is 2.05. The molecule has 154 valence electrons. The SMILES string of the molecule is NS(=O)(=O)c1cc(C(=O)NC(CC(=O)O)c2ccc(F)cc2F)cc2c1CCC2. The van der Waals surface area contributed by atoms with Gasteiger partial charge in [-0.15, -0.1) is 0 Å². The van der Waals surface area contributed by atoms with Gasteiger partial charge in [0.05, 0.1) is 17.4 Å². The molecular weight excluding hydrogens is 406 g/mol. The van der Waals surface area contributed by atoms with E-state index in [4.69, 9.17) is 10.2 Å². The molecule has 0 bridgehead atoms. The minimum absolute atomic E-state index is 0.0346. The summed E-state index contributed by atoms with van der Waals surface area (Å²) in [7, 11) is -4.07. The summed E-state index contributed by atoms with van der Waals surface area (Å²) < 4.78 is 51.1. The smallest absolute Gasteiger partial charge is 0.305 e. The molecule has 0 spiro atoms. The molecule has 2 aromatic carbocycles. The first-order valence-corrected chi connectivity index (χ1v) is 10.3. The van der Waals surface area contributed by atoms with Gasteiger partial charge >= 0.3 is 5.97 Å². The van der Waals surface area contributed by atoms with Crippen LogP contribution in [0.5, 0.6) is 0 Å². The monoisotopic (exact) mass is 424 g/mol. The lowest BCUT2D eigenvalue weighted by molar-refractivity contribution is -0.137. The lowest BCUT2D eigenvalue weighted by atomic mass is 10.0. The van der Waals surface area contributed by atoms with Gasteiger partial charge in [0.25, 0.3) is 5.91 Å². The number of fused-ring (bicyclic) bond motifs is 1. The van der Waals surface area contributed by atoms with Crippen molar-refractivity contribution in [2.24, 2.45) is 5.14 Å². The Morgan fingerprint density at radius 1 is 1.17 bits per heavy atom. The van der Waals surface area contributed by atoms with E-state index in [9.17, 15) is 26.8 Å². The Labute approximate surface area is 165 Å². The van der Waals surface area contributed by atoms with E-state index < -0.39 is 46.0 Å². The summed E-state index contributed by atoms with van der Waals surface area (Å²) in [4.78, 5) is 23.8. The highest BCUT2D eigenvalue weighted by Gasteiger charge is 2.26. The van der Waals surface area contributed by atoms with Gasteiger partial charge in [-0.25, -0.2) is 22.3 Å². The molecule has 0 aromatic heterocycles. The van der Waals surface area contributed by atoms with Gasteiger partial charge in [0.1, 0.15) is 11.6 Å². The van der Waals surface area contributed by atoms with Crippen LogP contribution in [0.3, 0.4) is 0 Å². The number of amides is 1. The molecule has 4 N–H and O–H groups in total. The van der Waals surface area contributed by atoms with Gasteiger partial charge in [-0.2, -0.15) is 0 Å². The summed E-state index contributed by atoms with van der Waals surface area (Å²) in [6, 6.07) is 3.96. The summed E-state index contributed by atoms with van der Waals surface area (Å²) in [6.07, 6.45) is 1.15. The van der Waals surface area contributed by atoms with E-state index in [2.05, 4.69) is 5.32 Å². The van der Waals surface area contributed by atoms with Gasteiger partial charge in [0.15, 0.2) is 0 Å². The minimum atomic E-state index is -4.07. The van der Waals surface area contributed by atoms with Gasteiger partial charge in [0, 0.05) is 17.2 Å². The molecule has 1 atom stereocenters. The predicted molar refractivity (Wildman–Crippen MR) is 98.7 cm³/mol. The molecule has 1 amide bonds.